The van der Waals surface area contributed by atoms with Crippen LogP contribution in [0.4, 0.5) is 8.78 Å². The van der Waals surface area contributed by atoms with Crippen molar-refractivity contribution < 1.29 is 13.9 Å². The Morgan fingerprint density at radius 3 is 1.55 bits per heavy atom. The fourth-order valence-electron chi connectivity index (χ4n) is 2.14. The summed E-state index contributed by atoms with van der Waals surface area (Å²) >= 11 is 0. The van der Waals surface area contributed by atoms with Crippen molar-refractivity contribution in [1.82, 2.24) is 0 Å². The summed E-state index contributed by atoms with van der Waals surface area (Å²) in [5.41, 5.74) is 6.56. The lowest BCUT2D eigenvalue weighted by Gasteiger charge is -2.29. The maximum absolute atomic E-state index is 12.9. The van der Waals surface area contributed by atoms with E-state index < -0.39 is 12.5 Å². The number of hydrogen-bond donors (Lipinski definition) is 2. The van der Waals surface area contributed by atoms with Crippen LogP contribution in [0.5, 0.6) is 5.75 Å². The summed E-state index contributed by atoms with van der Waals surface area (Å²) in [4.78, 5) is 0. The van der Waals surface area contributed by atoms with E-state index in [2.05, 4.69) is 0 Å². The van der Waals surface area contributed by atoms with Crippen molar-refractivity contribution in [2.45, 2.75) is 64.8 Å². The molecule has 0 saturated carbocycles. The van der Waals surface area contributed by atoms with E-state index in [0.29, 0.717) is 16.7 Å². The number of halogens is 2. The number of benzene rings is 1. The molecule has 1 atom stereocenters. The fraction of sp³-hybridized carbons (Fsp3) is 0.625. The van der Waals surface area contributed by atoms with Gasteiger partial charge in [0.15, 0.2) is 0 Å². The lowest BCUT2D eigenvalue weighted by atomic mass is 9.78. The van der Waals surface area contributed by atoms with Crippen LogP contribution in [0.15, 0.2) is 12.1 Å². The Balaban J connectivity index is 3.59. The number of nitrogens with two attached hydrogens (primary N) is 1. The molecule has 0 saturated heterocycles. The summed E-state index contributed by atoms with van der Waals surface area (Å²) in [5, 5.41) is 10.5. The van der Waals surface area contributed by atoms with Crippen molar-refractivity contribution in [1.29, 1.82) is 0 Å². The van der Waals surface area contributed by atoms with Gasteiger partial charge in [-0.25, -0.2) is 8.78 Å². The zero-order valence-corrected chi connectivity index (χ0v) is 13.1. The summed E-state index contributed by atoms with van der Waals surface area (Å²) in [7, 11) is 0. The van der Waals surface area contributed by atoms with Crippen molar-refractivity contribution in [3.8, 4) is 5.75 Å². The van der Waals surface area contributed by atoms with Gasteiger partial charge in [0.25, 0.3) is 6.43 Å². The van der Waals surface area contributed by atoms with E-state index in [4.69, 9.17) is 5.73 Å². The molecule has 3 N–H and O–H groups in total. The summed E-state index contributed by atoms with van der Waals surface area (Å²) in [6.07, 6.45) is -2.62. The van der Waals surface area contributed by atoms with Crippen LogP contribution in [-0.2, 0) is 10.8 Å². The maximum Gasteiger partial charge on any atom is 0.257 e. The molecule has 0 radical (unpaired) electrons. The van der Waals surface area contributed by atoms with E-state index >= 15 is 0 Å². The highest BCUT2D eigenvalue weighted by molar-refractivity contribution is 5.50. The molecule has 0 fully saturated rings. The van der Waals surface area contributed by atoms with Gasteiger partial charge in [-0.15, -0.1) is 0 Å². The first-order valence-electron chi connectivity index (χ1n) is 6.77. The van der Waals surface area contributed by atoms with Crippen LogP contribution >= 0.6 is 0 Å². The first-order chi connectivity index (χ1) is 8.85. The van der Waals surface area contributed by atoms with Gasteiger partial charge < -0.3 is 10.8 Å². The standard InChI is InChI=1S/C16H25F2NO/c1-15(2,3)10-7-9(12(19)14(17)18)8-11(13(10)20)16(4,5)6/h7-8,12,14,20H,19H2,1-6H3/t12-/m1/s1. The van der Waals surface area contributed by atoms with Crippen LogP contribution in [0.25, 0.3) is 0 Å². The van der Waals surface area contributed by atoms with Crippen LogP contribution in [-0.4, -0.2) is 11.5 Å². The van der Waals surface area contributed by atoms with E-state index in [1.54, 1.807) is 12.1 Å². The smallest absolute Gasteiger partial charge is 0.257 e. The Bertz CT molecular complexity index is 449. The van der Waals surface area contributed by atoms with Gasteiger partial charge in [-0.1, -0.05) is 41.5 Å². The number of alkyl halides is 2. The highest BCUT2D eigenvalue weighted by Gasteiger charge is 2.29. The number of hydrogen-bond acceptors (Lipinski definition) is 2. The van der Waals surface area contributed by atoms with E-state index in [1.807, 2.05) is 41.5 Å². The van der Waals surface area contributed by atoms with E-state index in [9.17, 15) is 13.9 Å². The van der Waals surface area contributed by atoms with Gasteiger partial charge in [-0.3, -0.25) is 0 Å². The zero-order chi connectivity index (χ0) is 15.9. The molecule has 0 heterocycles. The molecule has 20 heavy (non-hydrogen) atoms. The Hall–Kier alpha value is -1.16. The second kappa shape index (κ2) is 5.32. The van der Waals surface area contributed by atoms with Gasteiger partial charge in [0, 0.05) is 0 Å². The minimum Gasteiger partial charge on any atom is -0.507 e. The molecule has 0 aliphatic carbocycles. The monoisotopic (exact) mass is 285 g/mol. The molecule has 4 heteroatoms. The number of phenols is 1. The Morgan fingerprint density at radius 2 is 1.30 bits per heavy atom. The largest absolute Gasteiger partial charge is 0.507 e. The van der Waals surface area contributed by atoms with E-state index in [-0.39, 0.29) is 16.6 Å². The Morgan fingerprint density at radius 1 is 0.950 bits per heavy atom. The molecule has 0 amide bonds. The summed E-state index contributed by atoms with van der Waals surface area (Å²) in [6, 6.07) is 1.86. The highest BCUT2D eigenvalue weighted by Crippen LogP contribution is 2.41. The molecule has 0 unspecified atom stereocenters. The summed E-state index contributed by atoms with van der Waals surface area (Å²) in [6.45, 7) is 11.6. The van der Waals surface area contributed by atoms with Crippen molar-refractivity contribution in [3.63, 3.8) is 0 Å². The van der Waals surface area contributed by atoms with Gasteiger partial charge in [0.05, 0.1) is 6.04 Å². The second-order valence-corrected chi connectivity index (χ2v) is 7.32. The number of phenolic OH excluding ortho intramolecular Hbond substituents is 1. The SMILES string of the molecule is CC(C)(C)c1cc([C@@H](N)C(F)F)cc(C(C)(C)C)c1O. The van der Waals surface area contributed by atoms with Crippen LogP contribution in [0, 0.1) is 0 Å². The molecule has 1 aromatic carbocycles. The number of rotatable bonds is 2. The highest BCUT2D eigenvalue weighted by atomic mass is 19.3. The first-order valence-corrected chi connectivity index (χ1v) is 6.77. The first kappa shape index (κ1) is 16.9. The number of aromatic hydroxyl groups is 1. The third-order valence-electron chi connectivity index (χ3n) is 3.40. The minimum absolute atomic E-state index is 0.176. The molecule has 1 rings (SSSR count). The molecule has 1 aromatic rings. The molecule has 114 valence electrons. The van der Waals surface area contributed by atoms with E-state index in [1.165, 1.54) is 0 Å². The van der Waals surface area contributed by atoms with Gasteiger partial charge in [0.2, 0.25) is 0 Å². The molecule has 0 spiro atoms. The van der Waals surface area contributed by atoms with Crippen molar-refractivity contribution in [3.05, 3.63) is 28.8 Å². The summed E-state index contributed by atoms with van der Waals surface area (Å²) in [5.74, 6) is 0.176. The molecule has 2 nitrogen and oxygen atoms in total. The van der Waals surface area contributed by atoms with Crippen molar-refractivity contribution in [2.75, 3.05) is 0 Å². The van der Waals surface area contributed by atoms with E-state index in [0.717, 1.165) is 0 Å². The summed E-state index contributed by atoms with van der Waals surface area (Å²) < 4.78 is 25.8. The Labute approximate surface area is 120 Å². The van der Waals surface area contributed by atoms with Crippen LogP contribution in [0.2, 0.25) is 0 Å². The molecule has 0 aliphatic rings. The fourth-order valence-corrected chi connectivity index (χ4v) is 2.14. The second-order valence-electron chi connectivity index (χ2n) is 7.32. The van der Waals surface area contributed by atoms with Crippen LogP contribution in [0.3, 0.4) is 0 Å². The molecule has 0 aliphatic heterocycles. The maximum atomic E-state index is 12.9. The quantitative estimate of drug-likeness (QED) is 0.853. The van der Waals surface area contributed by atoms with Gasteiger partial charge in [-0.05, 0) is 39.7 Å². The van der Waals surface area contributed by atoms with Crippen LogP contribution in [0.1, 0.15) is 64.3 Å². The topological polar surface area (TPSA) is 46.2 Å². The minimum atomic E-state index is -2.62. The van der Waals surface area contributed by atoms with Crippen LogP contribution < -0.4 is 5.73 Å². The molecule has 0 bridgehead atoms. The lowest BCUT2D eigenvalue weighted by molar-refractivity contribution is 0.116. The van der Waals surface area contributed by atoms with Gasteiger partial charge in [-0.2, -0.15) is 0 Å². The Kier molecular flexibility index (Phi) is 4.49. The third-order valence-corrected chi connectivity index (χ3v) is 3.40. The molecular weight excluding hydrogens is 260 g/mol. The predicted molar refractivity (Wildman–Crippen MR) is 78.4 cm³/mol. The molecule has 0 aromatic heterocycles. The average molecular weight is 285 g/mol. The van der Waals surface area contributed by atoms with Crippen molar-refractivity contribution >= 4 is 0 Å². The van der Waals surface area contributed by atoms with Gasteiger partial charge in [0.1, 0.15) is 5.75 Å². The zero-order valence-electron chi connectivity index (χ0n) is 13.1. The molecular formula is C16H25F2NO. The normalized spacial score (nSPS) is 14.7. The lowest BCUT2D eigenvalue weighted by Crippen LogP contribution is -2.23. The van der Waals surface area contributed by atoms with Crippen molar-refractivity contribution in [2.24, 2.45) is 5.73 Å². The predicted octanol–water partition coefficient (Wildman–Crippen LogP) is 4.25. The third kappa shape index (κ3) is 3.48. The average Bonchev–Trinajstić information content (AvgIpc) is 2.24. The van der Waals surface area contributed by atoms with Gasteiger partial charge >= 0.3 is 0 Å².